The molecule has 50 heavy (non-hydrogen) atoms. The van der Waals surface area contributed by atoms with Gasteiger partial charge in [-0.2, -0.15) is 16.8 Å². The van der Waals surface area contributed by atoms with Gasteiger partial charge < -0.3 is 14.6 Å². The highest BCUT2D eigenvalue weighted by Crippen LogP contribution is 2.41. The third-order valence-electron chi connectivity index (χ3n) is 9.93. The summed E-state index contributed by atoms with van der Waals surface area (Å²) >= 11 is 0. The van der Waals surface area contributed by atoms with Crippen LogP contribution in [0.25, 0.3) is 0 Å². The normalized spacial score (nSPS) is 25.9. The largest absolute Gasteiger partial charge is 0.393 e. The lowest BCUT2D eigenvalue weighted by molar-refractivity contribution is 0.133. The summed E-state index contributed by atoms with van der Waals surface area (Å²) in [7, 11) is -7.49. The van der Waals surface area contributed by atoms with E-state index in [-0.39, 0.29) is 52.8 Å². The Bertz CT molecular complexity index is 1510. The molecule has 0 amide bonds. The zero-order valence-corrected chi connectivity index (χ0v) is 32.8. The molecule has 2 saturated heterocycles. The van der Waals surface area contributed by atoms with Crippen LogP contribution in [0.2, 0.25) is 0 Å². The van der Waals surface area contributed by atoms with Crippen LogP contribution in [-0.4, -0.2) is 64.7 Å². The minimum atomic E-state index is -3.76. The third kappa shape index (κ3) is 12.4. The molecule has 4 rings (SSSR count). The molecule has 0 saturated carbocycles. The first-order valence-electron chi connectivity index (χ1n) is 17.6. The van der Waals surface area contributed by atoms with Crippen LogP contribution in [-0.2, 0) is 38.1 Å². The van der Waals surface area contributed by atoms with Crippen LogP contribution in [0.3, 0.4) is 0 Å². The Morgan fingerprint density at radius 3 is 1.44 bits per heavy atom. The second-order valence-corrected chi connectivity index (χ2v) is 17.5. The van der Waals surface area contributed by atoms with Crippen LogP contribution in [0.4, 0.5) is 0 Å². The lowest BCUT2D eigenvalue weighted by Crippen LogP contribution is -2.17. The first-order chi connectivity index (χ1) is 23.4. The molecular formula is C39H58O9S2. The third-order valence-corrected chi connectivity index (χ3v) is 12.5. The van der Waals surface area contributed by atoms with Crippen molar-refractivity contribution in [3.8, 4) is 0 Å². The van der Waals surface area contributed by atoms with E-state index in [0.717, 1.165) is 24.0 Å². The Morgan fingerprint density at radius 2 is 1.08 bits per heavy atom. The number of aliphatic hydroxyl groups is 1. The van der Waals surface area contributed by atoms with Gasteiger partial charge in [-0.1, -0.05) is 101 Å². The maximum atomic E-state index is 12.2. The van der Waals surface area contributed by atoms with E-state index in [1.807, 2.05) is 53.7 Å². The molecule has 8 atom stereocenters. The van der Waals surface area contributed by atoms with Crippen molar-refractivity contribution in [1.29, 1.82) is 0 Å². The van der Waals surface area contributed by atoms with Gasteiger partial charge >= 0.3 is 0 Å². The van der Waals surface area contributed by atoms with Gasteiger partial charge in [0.15, 0.2) is 0 Å². The van der Waals surface area contributed by atoms with Crippen molar-refractivity contribution in [3.05, 3.63) is 84.0 Å². The second-order valence-electron chi connectivity index (χ2n) is 14.3. The Labute approximate surface area is 301 Å². The van der Waals surface area contributed by atoms with E-state index in [0.29, 0.717) is 24.7 Å². The van der Waals surface area contributed by atoms with Crippen molar-refractivity contribution in [2.45, 2.75) is 127 Å². The summed E-state index contributed by atoms with van der Waals surface area (Å²) in [5.74, 6) is 1.27. The van der Waals surface area contributed by atoms with Gasteiger partial charge in [0.1, 0.15) is 12.2 Å². The molecule has 2 fully saturated rings. The molecule has 0 radical (unpaired) electrons. The lowest BCUT2D eigenvalue weighted by atomic mass is 9.92. The zero-order chi connectivity index (χ0) is 37.3. The van der Waals surface area contributed by atoms with E-state index in [4.69, 9.17) is 17.8 Å². The minimum Gasteiger partial charge on any atom is -0.393 e. The van der Waals surface area contributed by atoms with Gasteiger partial charge in [-0.15, -0.1) is 0 Å². The van der Waals surface area contributed by atoms with E-state index in [1.54, 1.807) is 48.5 Å². The number of aryl methyl sites for hydroxylation is 2. The predicted molar refractivity (Wildman–Crippen MR) is 197 cm³/mol. The van der Waals surface area contributed by atoms with Gasteiger partial charge in [0.05, 0.1) is 40.3 Å². The fourth-order valence-corrected chi connectivity index (χ4v) is 7.12. The molecule has 0 aliphatic carbocycles. The number of allylic oxidation sites excluding steroid dienone is 1. The number of benzene rings is 2. The van der Waals surface area contributed by atoms with E-state index >= 15 is 0 Å². The van der Waals surface area contributed by atoms with Gasteiger partial charge in [-0.25, -0.2) is 0 Å². The summed E-state index contributed by atoms with van der Waals surface area (Å²) in [6.07, 6.45) is 10.9. The highest BCUT2D eigenvalue weighted by Gasteiger charge is 2.52. The maximum Gasteiger partial charge on any atom is 0.297 e. The molecule has 0 bridgehead atoms. The van der Waals surface area contributed by atoms with Gasteiger partial charge in [-0.3, -0.25) is 8.37 Å². The van der Waals surface area contributed by atoms with Crippen molar-refractivity contribution in [2.24, 2.45) is 17.8 Å². The molecular weight excluding hydrogens is 677 g/mol. The fourth-order valence-electron chi connectivity index (χ4n) is 5.31. The molecule has 2 aromatic carbocycles. The summed E-state index contributed by atoms with van der Waals surface area (Å²) in [5.41, 5.74) is 1.27. The highest BCUT2D eigenvalue weighted by molar-refractivity contribution is 7.87. The number of rotatable bonds is 18. The molecule has 1 N–H and O–H groups in total. The number of hydrogen-bond acceptors (Lipinski definition) is 9. The van der Waals surface area contributed by atoms with E-state index in [9.17, 15) is 21.9 Å². The number of hydrogen-bond donors (Lipinski definition) is 1. The lowest BCUT2D eigenvalue weighted by Gasteiger charge is -2.13. The summed E-state index contributed by atoms with van der Waals surface area (Å²) in [6, 6.07) is 13.2. The van der Waals surface area contributed by atoms with Gasteiger partial charge in [0.2, 0.25) is 0 Å². The van der Waals surface area contributed by atoms with Crippen LogP contribution in [0.1, 0.15) is 85.3 Å². The summed E-state index contributed by atoms with van der Waals surface area (Å²) in [4.78, 5) is 0.338. The van der Waals surface area contributed by atoms with Crippen molar-refractivity contribution >= 4 is 20.2 Å². The Morgan fingerprint density at radius 1 is 0.700 bits per heavy atom. The van der Waals surface area contributed by atoms with Crippen LogP contribution in [0, 0.1) is 31.6 Å². The molecule has 11 heteroatoms. The van der Waals surface area contributed by atoms with E-state index in [1.165, 1.54) is 0 Å². The minimum absolute atomic E-state index is 0.00763. The Balaban J connectivity index is 0.000000270. The molecule has 2 heterocycles. The van der Waals surface area contributed by atoms with Gasteiger partial charge in [0.25, 0.3) is 20.2 Å². The first kappa shape index (κ1) is 42.0. The van der Waals surface area contributed by atoms with Gasteiger partial charge in [0, 0.05) is 0 Å². The van der Waals surface area contributed by atoms with Crippen molar-refractivity contribution in [1.82, 2.24) is 0 Å². The Kier molecular flexibility index (Phi) is 15.1. The number of ether oxygens (including phenoxy) is 2. The average molecular weight is 735 g/mol. The summed E-state index contributed by atoms with van der Waals surface area (Å²) in [6.45, 7) is 18.4. The van der Waals surface area contributed by atoms with Crippen molar-refractivity contribution in [2.75, 3.05) is 13.2 Å². The predicted octanol–water partition coefficient (Wildman–Crippen LogP) is 7.70. The summed E-state index contributed by atoms with van der Waals surface area (Å²) < 4.78 is 70.4. The quantitative estimate of drug-likeness (QED) is 0.0930. The van der Waals surface area contributed by atoms with Crippen LogP contribution < -0.4 is 0 Å². The zero-order valence-electron chi connectivity index (χ0n) is 31.2. The second kappa shape index (κ2) is 17.9. The number of aliphatic hydroxyl groups excluding tert-OH is 1. The molecule has 0 spiro atoms. The van der Waals surface area contributed by atoms with Crippen molar-refractivity contribution in [3.63, 3.8) is 0 Å². The first-order valence-corrected chi connectivity index (χ1v) is 20.5. The molecule has 0 unspecified atom stereocenters. The molecule has 2 aliphatic rings. The molecule has 0 aromatic heterocycles. The van der Waals surface area contributed by atoms with Crippen LogP contribution in [0.15, 0.2) is 82.6 Å². The SMILES string of the molecule is CC[C@H](C)[C@@H](C)/C=C/C[C@@]1(C)O[C@@H]1COS(=O)(=O)c1ccc(C)cc1.CC[C@H](O)[C@@H](C)/C=C/C[C@@]1(C)O[C@@H]1COS(=O)(=O)c1ccc(C)cc1. The molecule has 2 aromatic rings. The van der Waals surface area contributed by atoms with Gasteiger partial charge in [-0.05, 0) is 89.0 Å². The standard InChI is InChI=1S/C20H30O4S.C19H28O5S/c1-6-16(3)17(4)8-7-13-20(5)19(24-20)14-23-25(21,22)18-11-9-15(2)10-12-18;1-5-17(20)15(3)7-6-12-19(4)18(24-19)13-23-25(21,22)16-10-8-14(2)9-11-16/h7-12,16-17,19H,6,13-14H2,1-5H3;6-11,15,17-18,20H,5,12-13H2,1-4H3/b8-7+;7-6+/t16-,17-,19+,20+;15-,17-,18+,19+/m00/s1. The van der Waals surface area contributed by atoms with Crippen LogP contribution in [0.5, 0.6) is 0 Å². The highest BCUT2D eigenvalue weighted by atomic mass is 32.2. The topological polar surface area (TPSA) is 132 Å². The fraction of sp³-hybridized carbons (Fsp3) is 0.590. The average Bonchev–Trinajstić information content (AvgIpc) is 3.95. The summed E-state index contributed by atoms with van der Waals surface area (Å²) in [5, 5.41) is 9.75. The van der Waals surface area contributed by atoms with Crippen LogP contribution >= 0.6 is 0 Å². The van der Waals surface area contributed by atoms with E-state index in [2.05, 4.69) is 32.9 Å². The Hall–Kier alpha value is -2.38. The van der Waals surface area contributed by atoms with Crippen molar-refractivity contribution < 1.29 is 39.8 Å². The molecule has 280 valence electrons. The monoisotopic (exact) mass is 734 g/mol. The van der Waals surface area contributed by atoms with E-state index < -0.39 is 25.8 Å². The smallest absolute Gasteiger partial charge is 0.297 e. The number of epoxide rings is 2. The maximum absolute atomic E-state index is 12.2. The molecule has 2 aliphatic heterocycles. The molecule has 9 nitrogen and oxygen atoms in total.